The van der Waals surface area contributed by atoms with Crippen molar-refractivity contribution in [3.8, 4) is 11.5 Å². The average molecular weight is 263 g/mol. The van der Waals surface area contributed by atoms with Gasteiger partial charge in [-0.25, -0.2) is 4.39 Å². The number of nitrogens with zero attached hydrogens (tertiary/aromatic N) is 2. The number of ether oxygens (including phenoxy) is 1. The Kier molecular flexibility index (Phi) is 3.28. The van der Waals surface area contributed by atoms with Gasteiger partial charge in [-0.2, -0.15) is 0 Å². The van der Waals surface area contributed by atoms with Crippen LogP contribution in [0.3, 0.4) is 0 Å². The predicted octanol–water partition coefficient (Wildman–Crippen LogP) is 2.81. The first kappa shape index (κ1) is 12.7. The molecule has 0 bridgehead atoms. The zero-order valence-electron chi connectivity index (χ0n) is 9.96. The van der Waals surface area contributed by atoms with Gasteiger partial charge in [0, 0.05) is 11.6 Å². The number of anilines is 1. The molecule has 1 aromatic carbocycles. The molecule has 0 radical (unpaired) electrons. The molecule has 0 aliphatic rings. The fourth-order valence-electron chi connectivity index (χ4n) is 1.54. The fourth-order valence-corrected chi connectivity index (χ4v) is 1.54. The van der Waals surface area contributed by atoms with Gasteiger partial charge in [-0.05, 0) is 13.0 Å². The Labute approximate surface area is 107 Å². The van der Waals surface area contributed by atoms with Crippen LogP contribution >= 0.6 is 0 Å². The molecule has 0 aliphatic carbocycles. The van der Waals surface area contributed by atoms with Gasteiger partial charge in [-0.15, -0.1) is 0 Å². The number of nitrogen functional groups attached to an aromatic ring is 1. The Hall–Kier alpha value is -2.70. The van der Waals surface area contributed by atoms with Crippen molar-refractivity contribution in [2.45, 2.75) is 6.92 Å². The predicted molar refractivity (Wildman–Crippen MR) is 66.5 cm³/mol. The van der Waals surface area contributed by atoms with Crippen LogP contribution in [-0.2, 0) is 0 Å². The third-order valence-electron chi connectivity index (χ3n) is 2.41. The molecule has 0 atom stereocenters. The van der Waals surface area contributed by atoms with Gasteiger partial charge >= 0.3 is 0 Å². The van der Waals surface area contributed by atoms with Crippen LogP contribution in [0.25, 0.3) is 0 Å². The first-order chi connectivity index (χ1) is 8.97. The van der Waals surface area contributed by atoms with Gasteiger partial charge in [0.2, 0.25) is 0 Å². The number of pyridine rings is 1. The number of nitro benzene ring substituents is 1. The Morgan fingerprint density at radius 2 is 2.11 bits per heavy atom. The van der Waals surface area contributed by atoms with Gasteiger partial charge in [-0.3, -0.25) is 15.1 Å². The molecule has 0 fully saturated rings. The normalized spacial score (nSPS) is 10.2. The number of rotatable bonds is 3. The summed E-state index contributed by atoms with van der Waals surface area (Å²) in [7, 11) is 0. The van der Waals surface area contributed by atoms with E-state index in [-0.39, 0.29) is 17.2 Å². The minimum Gasteiger partial charge on any atom is -0.453 e. The maximum absolute atomic E-state index is 13.7. The van der Waals surface area contributed by atoms with Crippen LogP contribution in [-0.4, -0.2) is 9.91 Å². The Morgan fingerprint density at radius 1 is 1.37 bits per heavy atom. The third kappa shape index (κ3) is 2.76. The number of aryl methyl sites for hydroxylation is 1. The quantitative estimate of drug-likeness (QED) is 0.679. The van der Waals surface area contributed by atoms with E-state index < -0.39 is 10.7 Å². The Balaban J connectivity index is 2.36. The smallest absolute Gasteiger partial charge is 0.275 e. The highest BCUT2D eigenvalue weighted by atomic mass is 19.1. The molecule has 0 unspecified atom stereocenters. The standard InChI is InChI=1S/C12H10FN3O3/c1-7-2-12(10(13)4-11(7)16(17)18)19-9-3-8(14)5-15-6-9/h2-6H,14H2,1H3. The average Bonchev–Trinajstić information content (AvgIpc) is 2.33. The van der Waals surface area contributed by atoms with Gasteiger partial charge in [0.15, 0.2) is 11.6 Å². The van der Waals surface area contributed by atoms with Crippen LogP contribution in [0.2, 0.25) is 0 Å². The maximum Gasteiger partial charge on any atom is 0.275 e. The van der Waals surface area contributed by atoms with Crippen molar-refractivity contribution in [1.82, 2.24) is 4.98 Å². The van der Waals surface area contributed by atoms with E-state index in [4.69, 9.17) is 10.5 Å². The van der Waals surface area contributed by atoms with Crippen LogP contribution in [0.15, 0.2) is 30.6 Å². The minimum atomic E-state index is -0.820. The van der Waals surface area contributed by atoms with E-state index >= 15 is 0 Å². The molecule has 0 saturated heterocycles. The number of halogens is 1. The second kappa shape index (κ2) is 4.89. The number of nitro groups is 1. The fraction of sp³-hybridized carbons (Fsp3) is 0.0833. The number of aromatic nitrogens is 1. The zero-order valence-corrected chi connectivity index (χ0v) is 9.96. The molecule has 6 nitrogen and oxygen atoms in total. The van der Waals surface area contributed by atoms with E-state index in [2.05, 4.69) is 4.98 Å². The first-order valence-electron chi connectivity index (χ1n) is 5.30. The van der Waals surface area contributed by atoms with Crippen molar-refractivity contribution in [1.29, 1.82) is 0 Å². The molecule has 0 spiro atoms. The molecule has 1 aromatic heterocycles. The summed E-state index contributed by atoms with van der Waals surface area (Å²) in [6, 6.07) is 3.56. The number of nitrogens with two attached hydrogens (primary N) is 1. The van der Waals surface area contributed by atoms with Crippen LogP contribution in [0.4, 0.5) is 15.8 Å². The van der Waals surface area contributed by atoms with Crippen LogP contribution in [0, 0.1) is 22.9 Å². The van der Waals surface area contributed by atoms with E-state index in [0.29, 0.717) is 11.3 Å². The summed E-state index contributed by atoms with van der Waals surface area (Å²) in [6.45, 7) is 1.50. The molecule has 0 saturated carbocycles. The second-order valence-electron chi connectivity index (χ2n) is 3.88. The lowest BCUT2D eigenvalue weighted by atomic mass is 10.2. The van der Waals surface area contributed by atoms with Crippen LogP contribution in [0.1, 0.15) is 5.56 Å². The van der Waals surface area contributed by atoms with E-state index in [1.165, 1.54) is 31.5 Å². The third-order valence-corrected chi connectivity index (χ3v) is 2.41. The summed E-state index contributed by atoms with van der Waals surface area (Å²) < 4.78 is 19.0. The molecule has 0 amide bonds. The van der Waals surface area contributed by atoms with Gasteiger partial charge in [0.25, 0.3) is 5.69 Å². The largest absolute Gasteiger partial charge is 0.453 e. The van der Waals surface area contributed by atoms with Crippen molar-refractivity contribution in [3.05, 3.63) is 52.1 Å². The van der Waals surface area contributed by atoms with Crippen molar-refractivity contribution >= 4 is 11.4 Å². The molecular weight excluding hydrogens is 253 g/mol. The molecule has 19 heavy (non-hydrogen) atoms. The molecule has 98 valence electrons. The van der Waals surface area contributed by atoms with Gasteiger partial charge < -0.3 is 10.5 Å². The molecule has 1 heterocycles. The highest BCUT2D eigenvalue weighted by Crippen LogP contribution is 2.30. The molecule has 0 aliphatic heterocycles. The first-order valence-corrected chi connectivity index (χ1v) is 5.30. The molecule has 2 N–H and O–H groups in total. The summed E-state index contributed by atoms with van der Waals surface area (Å²) in [5, 5.41) is 10.7. The van der Waals surface area contributed by atoms with Gasteiger partial charge in [0.05, 0.1) is 29.1 Å². The summed E-state index contributed by atoms with van der Waals surface area (Å²) in [5.41, 5.74) is 5.90. The Bertz CT molecular complexity index is 646. The summed E-state index contributed by atoms with van der Waals surface area (Å²) >= 11 is 0. The summed E-state index contributed by atoms with van der Waals surface area (Å²) in [5.74, 6) is -0.678. The van der Waals surface area contributed by atoms with Crippen molar-refractivity contribution in [2.75, 3.05) is 5.73 Å². The summed E-state index contributed by atoms with van der Waals surface area (Å²) in [4.78, 5) is 13.8. The van der Waals surface area contributed by atoms with Crippen LogP contribution in [0.5, 0.6) is 11.5 Å². The lowest BCUT2D eigenvalue weighted by molar-refractivity contribution is -0.385. The number of hydrogen-bond acceptors (Lipinski definition) is 5. The maximum atomic E-state index is 13.7. The molecular formula is C12H10FN3O3. The molecule has 7 heteroatoms. The lowest BCUT2D eigenvalue weighted by Gasteiger charge is -2.08. The van der Waals surface area contributed by atoms with Crippen molar-refractivity contribution in [2.24, 2.45) is 0 Å². The topological polar surface area (TPSA) is 91.3 Å². The summed E-state index contributed by atoms with van der Waals surface area (Å²) in [6.07, 6.45) is 2.79. The lowest BCUT2D eigenvalue weighted by Crippen LogP contribution is -1.96. The minimum absolute atomic E-state index is 0.115. The van der Waals surface area contributed by atoms with Gasteiger partial charge in [0.1, 0.15) is 5.75 Å². The Morgan fingerprint density at radius 3 is 2.74 bits per heavy atom. The van der Waals surface area contributed by atoms with Gasteiger partial charge in [-0.1, -0.05) is 0 Å². The van der Waals surface area contributed by atoms with E-state index in [0.717, 1.165) is 6.07 Å². The van der Waals surface area contributed by atoms with E-state index in [9.17, 15) is 14.5 Å². The van der Waals surface area contributed by atoms with Crippen molar-refractivity contribution < 1.29 is 14.1 Å². The second-order valence-corrected chi connectivity index (χ2v) is 3.88. The molecule has 2 aromatic rings. The number of benzene rings is 1. The SMILES string of the molecule is Cc1cc(Oc2cncc(N)c2)c(F)cc1[N+](=O)[O-]. The number of hydrogen-bond donors (Lipinski definition) is 1. The monoisotopic (exact) mass is 263 g/mol. The van der Waals surface area contributed by atoms with E-state index in [1.807, 2.05) is 0 Å². The zero-order chi connectivity index (χ0) is 14.0. The van der Waals surface area contributed by atoms with E-state index in [1.54, 1.807) is 0 Å². The molecule has 2 rings (SSSR count). The highest BCUT2D eigenvalue weighted by Gasteiger charge is 2.16. The van der Waals surface area contributed by atoms with Crippen molar-refractivity contribution in [3.63, 3.8) is 0 Å². The highest BCUT2D eigenvalue weighted by molar-refractivity contribution is 5.47. The van der Waals surface area contributed by atoms with Crippen LogP contribution < -0.4 is 10.5 Å².